The zero-order chi connectivity index (χ0) is 10.2. The highest BCUT2D eigenvalue weighted by atomic mass is 32.2. The van der Waals surface area contributed by atoms with Gasteiger partial charge < -0.3 is 4.18 Å². The van der Waals surface area contributed by atoms with Gasteiger partial charge in [-0.1, -0.05) is 32.0 Å². The predicted molar refractivity (Wildman–Crippen MR) is 62.3 cm³/mol. The minimum absolute atomic E-state index is 0.778. The van der Waals surface area contributed by atoms with Crippen LogP contribution in [-0.2, 0) is 4.18 Å². The lowest BCUT2D eigenvalue weighted by Gasteiger charge is -2.04. The van der Waals surface area contributed by atoms with Crippen molar-refractivity contribution in [3.8, 4) is 0 Å². The maximum absolute atomic E-state index is 5.49. The van der Waals surface area contributed by atoms with E-state index in [1.165, 1.54) is 23.4 Å². The van der Waals surface area contributed by atoms with Gasteiger partial charge in [0.05, 0.1) is 6.61 Å². The summed E-state index contributed by atoms with van der Waals surface area (Å²) < 4.78 is 5.49. The van der Waals surface area contributed by atoms with Crippen LogP contribution < -0.4 is 0 Å². The van der Waals surface area contributed by atoms with Crippen LogP contribution in [0.2, 0.25) is 0 Å². The molecule has 0 aliphatic rings. The summed E-state index contributed by atoms with van der Waals surface area (Å²) in [5.74, 6) is 0.778. The lowest BCUT2D eigenvalue weighted by atomic mass is 10.1. The molecule has 2 heteroatoms. The number of benzene rings is 1. The van der Waals surface area contributed by atoms with Crippen LogP contribution in [0.1, 0.15) is 26.7 Å². The monoisotopic (exact) mass is 210 g/mol. The molecule has 0 radical (unpaired) electrons. The zero-order valence-electron chi connectivity index (χ0n) is 8.90. The van der Waals surface area contributed by atoms with Gasteiger partial charge in [-0.15, -0.1) is 0 Å². The molecule has 0 heterocycles. The van der Waals surface area contributed by atoms with Crippen LogP contribution in [0.15, 0.2) is 35.2 Å². The van der Waals surface area contributed by atoms with Crippen molar-refractivity contribution < 1.29 is 4.18 Å². The Morgan fingerprint density at radius 3 is 2.57 bits per heavy atom. The summed E-state index contributed by atoms with van der Waals surface area (Å²) >= 11 is 1.47. The van der Waals surface area contributed by atoms with E-state index in [2.05, 4.69) is 26.0 Å². The zero-order valence-corrected chi connectivity index (χ0v) is 9.72. The van der Waals surface area contributed by atoms with Crippen LogP contribution in [-0.4, -0.2) is 6.61 Å². The Morgan fingerprint density at radius 1 is 1.21 bits per heavy atom. The van der Waals surface area contributed by atoms with Crippen molar-refractivity contribution in [2.45, 2.75) is 31.6 Å². The van der Waals surface area contributed by atoms with Crippen molar-refractivity contribution in [1.82, 2.24) is 0 Å². The maximum Gasteiger partial charge on any atom is 0.0618 e. The summed E-state index contributed by atoms with van der Waals surface area (Å²) in [4.78, 5) is 1.18. The van der Waals surface area contributed by atoms with E-state index >= 15 is 0 Å². The molecule has 0 atom stereocenters. The van der Waals surface area contributed by atoms with Crippen molar-refractivity contribution in [2.24, 2.45) is 5.92 Å². The standard InChI is InChI=1S/C12H18OS/c1-11(2)7-6-10-13-14-12-8-4-3-5-9-12/h3-5,8-9,11H,6-7,10H2,1-2H3. The molecule has 0 saturated carbocycles. The van der Waals surface area contributed by atoms with Gasteiger partial charge in [-0.05, 0) is 30.9 Å². The summed E-state index contributed by atoms with van der Waals surface area (Å²) in [5.41, 5.74) is 0. The molecule has 0 spiro atoms. The van der Waals surface area contributed by atoms with Gasteiger partial charge in [0.15, 0.2) is 0 Å². The molecule has 14 heavy (non-hydrogen) atoms. The van der Waals surface area contributed by atoms with Crippen molar-refractivity contribution in [3.05, 3.63) is 30.3 Å². The fourth-order valence-corrected chi connectivity index (χ4v) is 1.74. The van der Waals surface area contributed by atoms with Crippen LogP contribution in [0.3, 0.4) is 0 Å². The molecule has 0 aromatic heterocycles. The first-order valence-electron chi connectivity index (χ1n) is 5.13. The van der Waals surface area contributed by atoms with E-state index in [1.807, 2.05) is 18.2 Å². The topological polar surface area (TPSA) is 9.23 Å². The molecule has 0 saturated heterocycles. The SMILES string of the molecule is CC(C)CCCOSc1ccccc1. The molecule has 0 amide bonds. The first-order valence-corrected chi connectivity index (χ1v) is 5.87. The average molecular weight is 210 g/mol. The van der Waals surface area contributed by atoms with Crippen molar-refractivity contribution in [2.75, 3.05) is 6.61 Å². The molecule has 0 aliphatic heterocycles. The normalized spacial score (nSPS) is 10.8. The van der Waals surface area contributed by atoms with Gasteiger partial charge in [0.25, 0.3) is 0 Å². The van der Waals surface area contributed by atoms with Crippen molar-refractivity contribution >= 4 is 12.0 Å². The molecule has 0 unspecified atom stereocenters. The van der Waals surface area contributed by atoms with Crippen LogP contribution in [0.5, 0.6) is 0 Å². The number of hydrogen-bond acceptors (Lipinski definition) is 2. The second-order valence-corrected chi connectivity index (χ2v) is 4.63. The molecule has 0 bridgehead atoms. The van der Waals surface area contributed by atoms with Gasteiger partial charge in [-0.2, -0.15) is 0 Å². The van der Waals surface area contributed by atoms with Gasteiger partial charge in [-0.3, -0.25) is 0 Å². The summed E-state index contributed by atoms with van der Waals surface area (Å²) in [5, 5.41) is 0. The summed E-state index contributed by atoms with van der Waals surface area (Å²) in [6.45, 7) is 5.33. The molecule has 1 rings (SSSR count). The Labute approximate surface area is 91.1 Å². The van der Waals surface area contributed by atoms with Gasteiger partial charge in [0, 0.05) is 16.9 Å². The highest BCUT2D eigenvalue weighted by Crippen LogP contribution is 2.18. The average Bonchev–Trinajstić information content (AvgIpc) is 2.18. The fraction of sp³-hybridized carbons (Fsp3) is 0.500. The third kappa shape index (κ3) is 5.30. The predicted octanol–water partition coefficient (Wildman–Crippen LogP) is 4.15. The Morgan fingerprint density at radius 2 is 1.93 bits per heavy atom. The molecule has 0 aliphatic carbocycles. The smallest absolute Gasteiger partial charge is 0.0618 e. The Hall–Kier alpha value is -0.470. The second kappa shape index (κ2) is 6.91. The number of rotatable bonds is 6. The Bertz CT molecular complexity index is 233. The number of hydrogen-bond donors (Lipinski definition) is 0. The highest BCUT2D eigenvalue weighted by molar-refractivity contribution is 7.94. The van der Waals surface area contributed by atoms with E-state index in [9.17, 15) is 0 Å². The lowest BCUT2D eigenvalue weighted by molar-refractivity contribution is 0.344. The third-order valence-electron chi connectivity index (χ3n) is 1.91. The lowest BCUT2D eigenvalue weighted by Crippen LogP contribution is -1.92. The fourth-order valence-electron chi connectivity index (χ4n) is 1.14. The molecule has 78 valence electrons. The van der Waals surface area contributed by atoms with Gasteiger partial charge in [0.2, 0.25) is 0 Å². The van der Waals surface area contributed by atoms with Crippen LogP contribution in [0.25, 0.3) is 0 Å². The molecular formula is C12H18OS. The minimum atomic E-state index is 0.778. The van der Waals surface area contributed by atoms with E-state index in [0.29, 0.717) is 0 Å². The van der Waals surface area contributed by atoms with Crippen LogP contribution in [0, 0.1) is 5.92 Å². The largest absolute Gasteiger partial charge is 0.310 e. The van der Waals surface area contributed by atoms with Gasteiger partial charge in [-0.25, -0.2) is 0 Å². The van der Waals surface area contributed by atoms with Gasteiger partial charge in [0.1, 0.15) is 0 Å². The van der Waals surface area contributed by atoms with Crippen molar-refractivity contribution in [1.29, 1.82) is 0 Å². The van der Waals surface area contributed by atoms with Crippen LogP contribution in [0.4, 0.5) is 0 Å². The Kier molecular flexibility index (Phi) is 5.72. The molecular weight excluding hydrogens is 192 g/mol. The first kappa shape index (κ1) is 11.6. The summed E-state index contributed by atoms with van der Waals surface area (Å²) in [7, 11) is 0. The van der Waals surface area contributed by atoms with Crippen LogP contribution >= 0.6 is 12.0 Å². The van der Waals surface area contributed by atoms with E-state index in [1.54, 1.807) is 0 Å². The Balaban J connectivity index is 2.05. The van der Waals surface area contributed by atoms with Crippen molar-refractivity contribution in [3.63, 3.8) is 0 Å². The first-order chi connectivity index (χ1) is 6.79. The van der Waals surface area contributed by atoms with E-state index in [-0.39, 0.29) is 0 Å². The quantitative estimate of drug-likeness (QED) is 0.515. The van der Waals surface area contributed by atoms with E-state index in [0.717, 1.165) is 18.9 Å². The van der Waals surface area contributed by atoms with E-state index < -0.39 is 0 Å². The van der Waals surface area contributed by atoms with Gasteiger partial charge >= 0.3 is 0 Å². The summed E-state index contributed by atoms with van der Waals surface area (Å²) in [6, 6.07) is 10.2. The highest BCUT2D eigenvalue weighted by Gasteiger charge is 1.95. The van der Waals surface area contributed by atoms with E-state index in [4.69, 9.17) is 4.18 Å². The summed E-state index contributed by atoms with van der Waals surface area (Å²) in [6.07, 6.45) is 2.40. The third-order valence-corrected chi connectivity index (χ3v) is 2.66. The molecule has 0 N–H and O–H groups in total. The maximum atomic E-state index is 5.49. The molecule has 0 fully saturated rings. The second-order valence-electron chi connectivity index (χ2n) is 3.75. The molecule has 1 aromatic carbocycles. The molecule has 1 aromatic rings. The molecule has 1 nitrogen and oxygen atoms in total. The minimum Gasteiger partial charge on any atom is -0.310 e.